The van der Waals surface area contributed by atoms with Crippen LogP contribution in [0.15, 0.2) is 41.5 Å². The average Bonchev–Trinajstić information content (AvgIpc) is 2.41. The molecule has 0 saturated heterocycles. The Labute approximate surface area is 124 Å². The van der Waals surface area contributed by atoms with Gasteiger partial charge in [0.2, 0.25) is 0 Å². The number of nitrogens with one attached hydrogen (secondary N) is 1. The molecule has 0 spiro atoms. The van der Waals surface area contributed by atoms with Gasteiger partial charge in [0, 0.05) is 24.5 Å². The highest BCUT2D eigenvalue weighted by Crippen LogP contribution is 2.19. The van der Waals surface area contributed by atoms with E-state index in [1.165, 1.54) is 0 Å². The smallest absolute Gasteiger partial charge is 0.314 e. The number of hydrogen-bond acceptors (Lipinski definition) is 4. The van der Waals surface area contributed by atoms with E-state index >= 15 is 0 Å². The van der Waals surface area contributed by atoms with Gasteiger partial charge in [0.05, 0.1) is 0 Å². The van der Waals surface area contributed by atoms with E-state index < -0.39 is 0 Å². The Morgan fingerprint density at radius 2 is 2.10 bits per heavy atom. The normalized spacial score (nSPS) is 11.4. The van der Waals surface area contributed by atoms with Crippen molar-refractivity contribution >= 4 is 0 Å². The van der Waals surface area contributed by atoms with Crippen molar-refractivity contribution in [2.75, 3.05) is 7.05 Å². The lowest BCUT2D eigenvalue weighted by molar-refractivity contribution is 0.363. The van der Waals surface area contributed by atoms with Crippen molar-refractivity contribution in [3.05, 3.63) is 52.6 Å². The van der Waals surface area contributed by atoms with Gasteiger partial charge in [-0.2, -0.15) is 0 Å². The fourth-order valence-corrected chi connectivity index (χ4v) is 2.03. The highest BCUT2D eigenvalue weighted by molar-refractivity contribution is 5.31. The molecule has 0 saturated carbocycles. The highest BCUT2D eigenvalue weighted by atomic mass is 16.5. The topological polar surface area (TPSA) is 56.1 Å². The third-order valence-electron chi connectivity index (χ3n) is 3.03. The number of hydrogen-bond donors (Lipinski definition) is 1. The molecule has 0 bridgehead atoms. The van der Waals surface area contributed by atoms with Crippen LogP contribution in [0.2, 0.25) is 0 Å². The summed E-state index contributed by atoms with van der Waals surface area (Å²) in [5.41, 5.74) is 0.539. The lowest BCUT2D eigenvalue weighted by atomic mass is 10.1. The molecule has 0 aliphatic rings. The minimum Gasteiger partial charge on any atom is -0.435 e. The molecule has 0 atom stereocenters. The highest BCUT2D eigenvalue weighted by Gasteiger charge is 2.17. The maximum atomic E-state index is 12.4. The predicted molar refractivity (Wildman–Crippen MR) is 82.8 cm³/mol. The summed E-state index contributed by atoms with van der Waals surface area (Å²) < 4.78 is 7.28. The fourth-order valence-electron chi connectivity index (χ4n) is 2.03. The van der Waals surface area contributed by atoms with E-state index in [0.717, 1.165) is 12.1 Å². The second-order valence-corrected chi connectivity index (χ2v) is 5.86. The van der Waals surface area contributed by atoms with Gasteiger partial charge >= 0.3 is 5.56 Å². The summed E-state index contributed by atoms with van der Waals surface area (Å²) in [4.78, 5) is 16.4. The van der Waals surface area contributed by atoms with Crippen LogP contribution in [-0.2, 0) is 12.1 Å². The molecule has 1 aromatic heterocycles. The van der Waals surface area contributed by atoms with Gasteiger partial charge in [-0.05, 0) is 45.5 Å². The Bertz CT molecular complexity index is 672. The van der Waals surface area contributed by atoms with Crippen molar-refractivity contribution in [2.24, 2.45) is 0 Å². The second kappa shape index (κ2) is 6.10. The predicted octanol–water partition coefficient (Wildman–Crippen LogP) is 2.51. The van der Waals surface area contributed by atoms with E-state index in [9.17, 15) is 4.79 Å². The van der Waals surface area contributed by atoms with Crippen LogP contribution >= 0.6 is 0 Å². The van der Waals surface area contributed by atoms with E-state index in [2.05, 4.69) is 10.3 Å². The zero-order valence-electron chi connectivity index (χ0n) is 12.9. The third kappa shape index (κ3) is 3.70. The number of ether oxygens (including phenoxy) is 1. The van der Waals surface area contributed by atoms with E-state index in [0.29, 0.717) is 5.75 Å². The first-order chi connectivity index (χ1) is 9.91. The standard InChI is InChI=1S/C16H21N3O2/c1-16(2,3)19-9-8-18-14(15(19)20)21-13-7-5-6-12(10-13)11-17-4/h5-10,17H,11H2,1-4H3. The Kier molecular flexibility index (Phi) is 4.43. The van der Waals surface area contributed by atoms with Gasteiger partial charge in [-0.3, -0.25) is 4.79 Å². The van der Waals surface area contributed by atoms with E-state index in [4.69, 9.17) is 4.74 Å². The Hall–Kier alpha value is -2.14. The van der Waals surface area contributed by atoms with Crippen LogP contribution in [0.4, 0.5) is 0 Å². The van der Waals surface area contributed by atoms with Crippen molar-refractivity contribution in [1.82, 2.24) is 14.9 Å². The molecule has 0 radical (unpaired) electrons. The first kappa shape index (κ1) is 15.3. The van der Waals surface area contributed by atoms with Crippen LogP contribution in [0.3, 0.4) is 0 Å². The SMILES string of the molecule is CNCc1cccc(Oc2nccn(C(C)(C)C)c2=O)c1. The van der Waals surface area contributed by atoms with E-state index in [-0.39, 0.29) is 17.0 Å². The summed E-state index contributed by atoms with van der Waals surface area (Å²) in [7, 11) is 1.88. The van der Waals surface area contributed by atoms with Crippen LogP contribution in [0.5, 0.6) is 11.6 Å². The molecule has 0 amide bonds. The van der Waals surface area contributed by atoms with E-state index in [1.54, 1.807) is 17.0 Å². The molecular formula is C16H21N3O2. The maximum Gasteiger partial charge on any atom is 0.314 e. The van der Waals surface area contributed by atoms with Gasteiger partial charge in [-0.25, -0.2) is 4.98 Å². The number of nitrogens with zero attached hydrogens (tertiary/aromatic N) is 2. The number of benzene rings is 1. The first-order valence-electron chi connectivity index (χ1n) is 6.91. The van der Waals surface area contributed by atoms with Crippen LogP contribution in [-0.4, -0.2) is 16.6 Å². The molecular weight excluding hydrogens is 266 g/mol. The Morgan fingerprint density at radius 1 is 1.33 bits per heavy atom. The van der Waals surface area contributed by atoms with Crippen molar-refractivity contribution in [3.63, 3.8) is 0 Å². The first-order valence-corrected chi connectivity index (χ1v) is 6.91. The summed E-state index contributed by atoms with van der Waals surface area (Å²) in [5, 5.41) is 3.08. The summed E-state index contributed by atoms with van der Waals surface area (Å²) in [5.74, 6) is 0.702. The average molecular weight is 287 g/mol. The minimum absolute atomic E-state index is 0.0917. The molecule has 5 heteroatoms. The van der Waals surface area contributed by atoms with Gasteiger partial charge in [-0.1, -0.05) is 12.1 Å². The second-order valence-electron chi connectivity index (χ2n) is 5.86. The van der Waals surface area contributed by atoms with Crippen LogP contribution in [0.1, 0.15) is 26.3 Å². The van der Waals surface area contributed by atoms with Crippen molar-refractivity contribution in [3.8, 4) is 11.6 Å². The van der Waals surface area contributed by atoms with Crippen LogP contribution in [0.25, 0.3) is 0 Å². The molecule has 1 aromatic carbocycles. The number of rotatable bonds is 4. The van der Waals surface area contributed by atoms with Gasteiger partial charge in [0.15, 0.2) is 0 Å². The summed E-state index contributed by atoms with van der Waals surface area (Å²) in [6.07, 6.45) is 3.26. The lowest BCUT2D eigenvalue weighted by Gasteiger charge is -2.22. The van der Waals surface area contributed by atoms with Crippen LogP contribution < -0.4 is 15.6 Å². The molecule has 2 rings (SSSR count). The van der Waals surface area contributed by atoms with E-state index in [1.807, 2.05) is 52.1 Å². The molecule has 112 valence electrons. The molecule has 1 heterocycles. The summed E-state index contributed by atoms with van der Waals surface area (Å²) in [6, 6.07) is 7.60. The largest absolute Gasteiger partial charge is 0.435 e. The van der Waals surface area contributed by atoms with Gasteiger partial charge in [-0.15, -0.1) is 0 Å². The molecule has 0 fully saturated rings. The molecule has 5 nitrogen and oxygen atoms in total. The fraction of sp³-hybridized carbons (Fsp3) is 0.375. The molecule has 2 aromatic rings. The Balaban J connectivity index is 2.32. The Morgan fingerprint density at radius 3 is 2.76 bits per heavy atom. The van der Waals surface area contributed by atoms with Crippen molar-refractivity contribution < 1.29 is 4.74 Å². The summed E-state index contributed by atoms with van der Waals surface area (Å²) >= 11 is 0. The van der Waals surface area contributed by atoms with Gasteiger partial charge in [0.1, 0.15) is 5.75 Å². The maximum absolute atomic E-state index is 12.4. The molecule has 1 N–H and O–H groups in total. The zero-order valence-corrected chi connectivity index (χ0v) is 12.9. The lowest BCUT2D eigenvalue weighted by Crippen LogP contribution is -2.34. The number of aromatic nitrogens is 2. The minimum atomic E-state index is -0.313. The molecule has 0 aliphatic carbocycles. The van der Waals surface area contributed by atoms with Crippen LogP contribution in [0, 0.1) is 0 Å². The monoisotopic (exact) mass is 287 g/mol. The van der Waals surface area contributed by atoms with Gasteiger partial charge < -0.3 is 14.6 Å². The molecule has 0 unspecified atom stereocenters. The van der Waals surface area contributed by atoms with Crippen molar-refractivity contribution in [1.29, 1.82) is 0 Å². The van der Waals surface area contributed by atoms with Gasteiger partial charge in [0.25, 0.3) is 5.88 Å². The molecule has 0 aliphatic heterocycles. The third-order valence-corrected chi connectivity index (χ3v) is 3.03. The van der Waals surface area contributed by atoms with Crippen molar-refractivity contribution in [2.45, 2.75) is 32.9 Å². The molecule has 21 heavy (non-hydrogen) atoms. The quantitative estimate of drug-likeness (QED) is 0.938. The zero-order chi connectivity index (χ0) is 15.5. The summed E-state index contributed by atoms with van der Waals surface area (Å²) in [6.45, 7) is 6.63.